The van der Waals surface area contributed by atoms with Crippen molar-refractivity contribution in [1.29, 1.82) is 0 Å². The van der Waals surface area contributed by atoms with E-state index < -0.39 is 11.0 Å². The van der Waals surface area contributed by atoms with E-state index in [0.29, 0.717) is 0 Å². The van der Waals surface area contributed by atoms with Crippen molar-refractivity contribution < 1.29 is 0 Å². The zero-order valence-corrected chi connectivity index (χ0v) is 29.3. The molecule has 0 amide bonds. The van der Waals surface area contributed by atoms with Crippen molar-refractivity contribution >= 4 is 5.71 Å². The standard InChI is InChI=1S/C35H61N7/c1-28(2,3)22-29(4,5)25-38-26-34-18-16-14-15-17-19-42(33(34,12)13)32(10,11)24(35(34,36)27(39-25)40-26)37-23-20-30(6,7)41-31(8,9)21-23/h23,41H,14-22,36H2,1-13H3. The number of hydrogen-bond acceptors (Lipinski definition) is 7. The Morgan fingerprint density at radius 1 is 0.833 bits per heavy atom. The van der Waals surface area contributed by atoms with E-state index in [1.807, 2.05) is 0 Å². The smallest absolute Gasteiger partial charge is 0.159 e. The van der Waals surface area contributed by atoms with Crippen molar-refractivity contribution in [3.63, 3.8) is 0 Å². The highest BCUT2D eigenvalue weighted by Crippen LogP contribution is 2.62. The summed E-state index contributed by atoms with van der Waals surface area (Å²) >= 11 is 0. The predicted molar refractivity (Wildman–Crippen MR) is 174 cm³/mol. The van der Waals surface area contributed by atoms with E-state index in [4.69, 9.17) is 25.7 Å². The van der Waals surface area contributed by atoms with Crippen LogP contribution in [0.15, 0.2) is 4.99 Å². The first-order valence-corrected chi connectivity index (χ1v) is 16.7. The minimum atomic E-state index is -0.918. The van der Waals surface area contributed by atoms with Gasteiger partial charge >= 0.3 is 0 Å². The molecule has 236 valence electrons. The predicted octanol–water partition coefficient (Wildman–Crippen LogP) is 6.58. The van der Waals surface area contributed by atoms with Crippen LogP contribution >= 0.6 is 0 Å². The molecule has 0 aromatic carbocycles. The molecule has 4 bridgehead atoms. The normalized spacial score (nSPS) is 34.8. The maximum Gasteiger partial charge on any atom is 0.159 e. The van der Waals surface area contributed by atoms with Crippen molar-refractivity contribution in [2.45, 2.75) is 186 Å². The Morgan fingerprint density at radius 2 is 1.40 bits per heavy atom. The molecule has 3 unspecified atom stereocenters. The molecule has 4 aliphatic heterocycles. The highest BCUT2D eigenvalue weighted by Gasteiger charge is 2.75. The Balaban J connectivity index is 1.79. The molecule has 3 N–H and O–H groups in total. The molecule has 5 rings (SSSR count). The lowest BCUT2D eigenvalue weighted by Gasteiger charge is -2.66. The molecular weight excluding hydrogens is 518 g/mol. The van der Waals surface area contributed by atoms with Gasteiger partial charge in [0.1, 0.15) is 17.2 Å². The van der Waals surface area contributed by atoms with Crippen LogP contribution in [0.4, 0.5) is 0 Å². The van der Waals surface area contributed by atoms with Gasteiger partial charge in [0.25, 0.3) is 0 Å². The van der Waals surface area contributed by atoms with Gasteiger partial charge in [-0.1, -0.05) is 53.9 Å². The first-order chi connectivity index (χ1) is 19.0. The highest BCUT2D eigenvalue weighted by molar-refractivity contribution is 6.04. The summed E-state index contributed by atoms with van der Waals surface area (Å²) in [6.07, 6.45) is 8.61. The van der Waals surface area contributed by atoms with Gasteiger partial charge < -0.3 is 11.1 Å². The van der Waals surface area contributed by atoms with Gasteiger partial charge in [0.2, 0.25) is 0 Å². The number of fused-ring (bicyclic) bond motifs is 4. The van der Waals surface area contributed by atoms with Gasteiger partial charge in [-0.05, 0) is 99.5 Å². The zero-order chi connectivity index (χ0) is 31.4. The van der Waals surface area contributed by atoms with Crippen LogP contribution in [0, 0.1) is 5.41 Å². The molecule has 7 heteroatoms. The average Bonchev–Trinajstić information content (AvgIpc) is 2.98. The van der Waals surface area contributed by atoms with E-state index in [9.17, 15) is 0 Å². The van der Waals surface area contributed by atoms with Crippen LogP contribution in [0.5, 0.6) is 0 Å². The summed E-state index contributed by atoms with van der Waals surface area (Å²) in [6.45, 7) is 31.3. The lowest BCUT2D eigenvalue weighted by molar-refractivity contribution is -0.0598. The fourth-order valence-electron chi connectivity index (χ4n) is 10.4. The Hall–Kier alpha value is -1.44. The second kappa shape index (κ2) is 9.53. The van der Waals surface area contributed by atoms with Crippen LogP contribution in [-0.2, 0) is 16.4 Å². The van der Waals surface area contributed by atoms with Gasteiger partial charge in [-0.15, -0.1) is 0 Å². The summed E-state index contributed by atoms with van der Waals surface area (Å²) in [7, 11) is 0. The van der Waals surface area contributed by atoms with Gasteiger partial charge in [-0.2, -0.15) is 0 Å². The second-order valence-electron chi connectivity index (χ2n) is 18.5. The number of nitrogens with one attached hydrogen (secondary N) is 1. The number of hydrogen-bond donors (Lipinski definition) is 2. The van der Waals surface area contributed by atoms with Crippen LogP contribution < -0.4 is 11.1 Å². The molecule has 0 aliphatic carbocycles. The van der Waals surface area contributed by atoms with Crippen LogP contribution in [0.2, 0.25) is 0 Å². The first-order valence-electron chi connectivity index (χ1n) is 16.7. The summed E-state index contributed by atoms with van der Waals surface area (Å²) in [6, 6.07) is 0.167. The SMILES string of the molecule is CC(C)(C)CC(C)(C)c1nc2nc(n1)C13CCCCCCN(C(C)(C)C(=NC4CC(C)(C)NC(C)(C)C4)C21N)C3(C)C. The Kier molecular flexibility index (Phi) is 7.25. The molecule has 1 spiro atoms. The maximum absolute atomic E-state index is 8.05. The molecule has 1 aromatic rings. The quantitative estimate of drug-likeness (QED) is 0.420. The summed E-state index contributed by atoms with van der Waals surface area (Å²) < 4.78 is 0. The average molecular weight is 580 g/mol. The summed E-state index contributed by atoms with van der Waals surface area (Å²) in [5, 5.41) is 3.86. The van der Waals surface area contributed by atoms with E-state index in [1.165, 1.54) is 19.3 Å². The van der Waals surface area contributed by atoms with Crippen LogP contribution in [0.25, 0.3) is 0 Å². The molecule has 4 aliphatic rings. The monoisotopic (exact) mass is 579 g/mol. The molecule has 3 fully saturated rings. The number of aromatic nitrogens is 3. The van der Waals surface area contributed by atoms with E-state index in [0.717, 1.165) is 61.8 Å². The Morgan fingerprint density at radius 3 is 2.00 bits per heavy atom. The molecule has 0 radical (unpaired) electrons. The third kappa shape index (κ3) is 4.79. The van der Waals surface area contributed by atoms with Crippen molar-refractivity contribution in [2.24, 2.45) is 16.1 Å². The van der Waals surface area contributed by atoms with E-state index in [2.05, 4.69) is 100 Å². The summed E-state index contributed by atoms with van der Waals surface area (Å²) in [5.74, 6) is 2.53. The van der Waals surface area contributed by atoms with Gasteiger partial charge in [0, 0.05) is 22.0 Å². The zero-order valence-electron chi connectivity index (χ0n) is 29.3. The van der Waals surface area contributed by atoms with E-state index >= 15 is 0 Å². The fraction of sp³-hybridized carbons (Fsp3) is 0.886. The number of rotatable bonds is 3. The topological polar surface area (TPSA) is 92.3 Å². The fourth-order valence-corrected chi connectivity index (χ4v) is 10.4. The molecule has 42 heavy (non-hydrogen) atoms. The largest absolute Gasteiger partial charge is 0.313 e. The van der Waals surface area contributed by atoms with Gasteiger partial charge in [0.05, 0.1) is 22.7 Å². The van der Waals surface area contributed by atoms with Gasteiger partial charge in [-0.25, -0.2) is 15.0 Å². The summed E-state index contributed by atoms with van der Waals surface area (Å²) in [5.41, 5.74) is 6.97. The molecule has 3 saturated heterocycles. The lowest BCUT2D eigenvalue weighted by atomic mass is 9.50. The number of nitrogens with two attached hydrogens (primary N) is 1. The van der Waals surface area contributed by atoms with Crippen LogP contribution in [0.3, 0.4) is 0 Å². The van der Waals surface area contributed by atoms with Crippen molar-refractivity contribution in [1.82, 2.24) is 25.2 Å². The number of nitrogens with zero attached hydrogens (tertiary/aromatic N) is 5. The molecule has 3 atom stereocenters. The third-order valence-electron chi connectivity index (χ3n) is 11.1. The minimum Gasteiger partial charge on any atom is -0.313 e. The minimum absolute atomic E-state index is 0.00845. The summed E-state index contributed by atoms with van der Waals surface area (Å²) in [4.78, 5) is 24.6. The van der Waals surface area contributed by atoms with Crippen molar-refractivity contribution in [3.05, 3.63) is 17.5 Å². The molecular formula is C35H61N7. The molecule has 0 saturated carbocycles. The number of piperidine rings is 2. The highest BCUT2D eigenvalue weighted by atomic mass is 15.3. The Labute approximate surface area is 256 Å². The Bertz CT molecular complexity index is 1230. The molecule has 5 heterocycles. The van der Waals surface area contributed by atoms with Crippen LogP contribution in [-0.4, -0.2) is 60.3 Å². The maximum atomic E-state index is 8.05. The number of aliphatic imine (C=N–C) groups is 1. The molecule has 1 aromatic heterocycles. The van der Waals surface area contributed by atoms with Gasteiger partial charge in [0.15, 0.2) is 5.82 Å². The van der Waals surface area contributed by atoms with Gasteiger partial charge in [-0.3, -0.25) is 9.89 Å². The van der Waals surface area contributed by atoms with E-state index in [-0.39, 0.29) is 39.0 Å². The third-order valence-corrected chi connectivity index (χ3v) is 11.1. The van der Waals surface area contributed by atoms with Crippen LogP contribution in [0.1, 0.15) is 159 Å². The lowest BCUT2D eigenvalue weighted by Crippen LogP contribution is -2.82. The van der Waals surface area contributed by atoms with Crippen molar-refractivity contribution in [3.8, 4) is 0 Å². The second-order valence-corrected chi connectivity index (χ2v) is 18.5. The molecule has 7 nitrogen and oxygen atoms in total. The first kappa shape index (κ1) is 32.0. The van der Waals surface area contributed by atoms with Crippen molar-refractivity contribution in [2.75, 3.05) is 6.54 Å². The van der Waals surface area contributed by atoms with E-state index in [1.54, 1.807) is 0 Å².